The molecule has 1 fully saturated rings. The molecule has 1 rings (SSSR count). The van der Waals surface area contributed by atoms with E-state index in [1.165, 1.54) is 64.2 Å². The van der Waals surface area contributed by atoms with Crippen LogP contribution in [0, 0.1) is 0 Å². The Balaban J connectivity index is 2.16. The van der Waals surface area contributed by atoms with Crippen LogP contribution in [0.1, 0.15) is 78.1 Å². The summed E-state index contributed by atoms with van der Waals surface area (Å²) in [5.41, 5.74) is 5.97. The Bertz CT molecular complexity index is 232. The lowest BCUT2D eigenvalue weighted by molar-refractivity contribution is 0.440. The molecule has 18 heavy (non-hydrogen) atoms. The molecule has 106 valence electrons. The Morgan fingerprint density at radius 1 is 1.22 bits per heavy atom. The highest BCUT2D eigenvalue weighted by atomic mass is 15.1. The van der Waals surface area contributed by atoms with Crippen LogP contribution in [0.3, 0.4) is 0 Å². The molecule has 3 heteroatoms. The molecule has 0 bridgehead atoms. The highest BCUT2D eigenvalue weighted by molar-refractivity contribution is 5.78. The summed E-state index contributed by atoms with van der Waals surface area (Å²) in [5, 5.41) is 3.33. The van der Waals surface area contributed by atoms with E-state index < -0.39 is 0 Å². The van der Waals surface area contributed by atoms with Gasteiger partial charge in [0.15, 0.2) is 5.96 Å². The summed E-state index contributed by atoms with van der Waals surface area (Å²) in [6.07, 6.45) is 12.9. The predicted molar refractivity (Wildman–Crippen MR) is 79.9 cm³/mol. The van der Waals surface area contributed by atoms with Crippen LogP contribution in [-0.2, 0) is 0 Å². The number of guanidine groups is 1. The summed E-state index contributed by atoms with van der Waals surface area (Å²) >= 11 is 0. The van der Waals surface area contributed by atoms with Crippen molar-refractivity contribution in [2.45, 2.75) is 90.1 Å². The Kier molecular flexibility index (Phi) is 7.86. The maximum absolute atomic E-state index is 5.97. The number of hydrogen-bond acceptors (Lipinski definition) is 1. The van der Waals surface area contributed by atoms with Crippen LogP contribution in [0.5, 0.6) is 0 Å². The average molecular weight is 253 g/mol. The zero-order valence-corrected chi connectivity index (χ0v) is 12.3. The summed E-state index contributed by atoms with van der Waals surface area (Å²) in [6, 6.07) is 0.924. The molecule has 1 atom stereocenters. The molecular formula is C15H31N3. The average Bonchev–Trinajstić information content (AvgIpc) is 2.35. The van der Waals surface area contributed by atoms with E-state index in [2.05, 4.69) is 24.2 Å². The van der Waals surface area contributed by atoms with Gasteiger partial charge in [-0.25, -0.2) is 0 Å². The van der Waals surface area contributed by atoms with Gasteiger partial charge in [-0.3, -0.25) is 4.99 Å². The second-order valence-electron chi connectivity index (χ2n) is 5.70. The number of nitrogens with one attached hydrogen (secondary N) is 1. The fourth-order valence-electron chi connectivity index (χ4n) is 2.65. The van der Waals surface area contributed by atoms with Gasteiger partial charge in [0.25, 0.3) is 0 Å². The smallest absolute Gasteiger partial charge is 0.189 e. The highest BCUT2D eigenvalue weighted by Crippen LogP contribution is 2.19. The van der Waals surface area contributed by atoms with Crippen molar-refractivity contribution in [1.29, 1.82) is 0 Å². The van der Waals surface area contributed by atoms with Crippen LogP contribution >= 0.6 is 0 Å². The van der Waals surface area contributed by atoms with Crippen LogP contribution in [0.2, 0.25) is 0 Å². The maximum atomic E-state index is 5.97. The van der Waals surface area contributed by atoms with E-state index in [1.54, 1.807) is 0 Å². The molecule has 1 aliphatic carbocycles. The highest BCUT2D eigenvalue weighted by Gasteiger charge is 2.12. The number of aliphatic imine (C=N–C) groups is 1. The standard InChI is InChI=1S/C15H31N3/c1-3-4-5-7-10-13(2)17-15(16)18-14-11-8-6-9-12-14/h13-14H,3-12H2,1-2H3,(H3,16,17,18). The lowest BCUT2D eigenvalue weighted by Crippen LogP contribution is -2.39. The molecule has 3 N–H and O–H groups in total. The fraction of sp³-hybridized carbons (Fsp3) is 0.933. The van der Waals surface area contributed by atoms with Crippen LogP contribution < -0.4 is 11.1 Å². The molecule has 0 spiro atoms. The molecule has 0 aliphatic heterocycles. The number of nitrogens with two attached hydrogens (primary N) is 1. The molecule has 0 aromatic rings. The summed E-state index contributed by atoms with van der Waals surface area (Å²) in [4.78, 5) is 4.60. The van der Waals surface area contributed by atoms with Crippen molar-refractivity contribution in [3.05, 3.63) is 0 Å². The Labute approximate surface area is 113 Å². The van der Waals surface area contributed by atoms with Gasteiger partial charge in [-0.1, -0.05) is 51.9 Å². The zero-order chi connectivity index (χ0) is 13.2. The predicted octanol–water partition coefficient (Wildman–Crippen LogP) is 3.58. The van der Waals surface area contributed by atoms with Gasteiger partial charge < -0.3 is 11.1 Å². The van der Waals surface area contributed by atoms with E-state index in [9.17, 15) is 0 Å². The number of rotatable bonds is 7. The SMILES string of the molecule is CCCCCCC(C)NC(N)=NC1CCCCC1. The van der Waals surface area contributed by atoms with Crippen LogP contribution in [0.4, 0.5) is 0 Å². The van der Waals surface area contributed by atoms with Crippen LogP contribution in [0.25, 0.3) is 0 Å². The quantitative estimate of drug-likeness (QED) is 0.414. The molecule has 0 heterocycles. The monoisotopic (exact) mass is 253 g/mol. The van der Waals surface area contributed by atoms with E-state index >= 15 is 0 Å². The molecule has 1 aliphatic rings. The van der Waals surface area contributed by atoms with Gasteiger partial charge in [-0.2, -0.15) is 0 Å². The first kappa shape index (κ1) is 15.3. The molecule has 1 saturated carbocycles. The third-order valence-electron chi connectivity index (χ3n) is 3.78. The van der Waals surface area contributed by atoms with E-state index in [0.717, 1.165) is 0 Å². The van der Waals surface area contributed by atoms with Crippen molar-refractivity contribution in [3.8, 4) is 0 Å². The summed E-state index contributed by atoms with van der Waals surface area (Å²) < 4.78 is 0. The van der Waals surface area contributed by atoms with Crippen LogP contribution in [-0.4, -0.2) is 18.0 Å². The van der Waals surface area contributed by atoms with Crippen molar-refractivity contribution in [1.82, 2.24) is 5.32 Å². The molecule has 0 saturated heterocycles. The Morgan fingerprint density at radius 2 is 1.94 bits per heavy atom. The minimum Gasteiger partial charge on any atom is -0.370 e. The van der Waals surface area contributed by atoms with Gasteiger partial charge in [0.2, 0.25) is 0 Å². The first-order chi connectivity index (χ1) is 8.72. The van der Waals surface area contributed by atoms with Crippen molar-refractivity contribution in [3.63, 3.8) is 0 Å². The molecule has 1 unspecified atom stereocenters. The van der Waals surface area contributed by atoms with E-state index in [4.69, 9.17) is 5.73 Å². The van der Waals surface area contributed by atoms with Gasteiger partial charge in [0, 0.05) is 6.04 Å². The third kappa shape index (κ3) is 6.87. The van der Waals surface area contributed by atoms with Crippen molar-refractivity contribution >= 4 is 5.96 Å². The second kappa shape index (κ2) is 9.23. The Hall–Kier alpha value is -0.730. The largest absolute Gasteiger partial charge is 0.370 e. The van der Waals surface area contributed by atoms with E-state index in [0.29, 0.717) is 18.0 Å². The second-order valence-corrected chi connectivity index (χ2v) is 5.70. The summed E-state index contributed by atoms with van der Waals surface area (Å²) in [6.45, 7) is 4.45. The van der Waals surface area contributed by atoms with E-state index in [-0.39, 0.29) is 0 Å². The molecule has 3 nitrogen and oxygen atoms in total. The first-order valence-corrected chi connectivity index (χ1v) is 7.82. The molecule has 0 aromatic heterocycles. The topological polar surface area (TPSA) is 50.4 Å². The molecular weight excluding hydrogens is 222 g/mol. The summed E-state index contributed by atoms with van der Waals surface area (Å²) in [5.74, 6) is 0.657. The normalized spacial score (nSPS) is 19.8. The summed E-state index contributed by atoms with van der Waals surface area (Å²) in [7, 11) is 0. The van der Waals surface area contributed by atoms with Gasteiger partial charge in [-0.05, 0) is 26.2 Å². The van der Waals surface area contributed by atoms with Gasteiger partial charge in [0.05, 0.1) is 6.04 Å². The number of hydrogen-bond donors (Lipinski definition) is 2. The third-order valence-corrected chi connectivity index (χ3v) is 3.78. The van der Waals surface area contributed by atoms with Gasteiger partial charge in [-0.15, -0.1) is 0 Å². The zero-order valence-electron chi connectivity index (χ0n) is 12.3. The fourth-order valence-corrected chi connectivity index (χ4v) is 2.65. The van der Waals surface area contributed by atoms with Crippen molar-refractivity contribution in [2.75, 3.05) is 0 Å². The Morgan fingerprint density at radius 3 is 2.61 bits per heavy atom. The van der Waals surface area contributed by atoms with Crippen molar-refractivity contribution < 1.29 is 0 Å². The van der Waals surface area contributed by atoms with Gasteiger partial charge in [0.1, 0.15) is 0 Å². The number of unbranched alkanes of at least 4 members (excludes halogenated alkanes) is 3. The van der Waals surface area contributed by atoms with Gasteiger partial charge >= 0.3 is 0 Å². The maximum Gasteiger partial charge on any atom is 0.189 e. The molecule has 0 aromatic carbocycles. The lowest BCUT2D eigenvalue weighted by Gasteiger charge is -2.20. The lowest BCUT2D eigenvalue weighted by atomic mass is 9.96. The van der Waals surface area contributed by atoms with Crippen LogP contribution in [0.15, 0.2) is 4.99 Å². The minimum absolute atomic E-state index is 0.453. The number of nitrogens with zero attached hydrogens (tertiary/aromatic N) is 1. The van der Waals surface area contributed by atoms with Crippen molar-refractivity contribution in [2.24, 2.45) is 10.7 Å². The molecule has 0 amide bonds. The van der Waals surface area contributed by atoms with E-state index in [1.807, 2.05) is 0 Å². The first-order valence-electron chi connectivity index (χ1n) is 7.82. The minimum atomic E-state index is 0.453. The molecule has 0 radical (unpaired) electrons.